The van der Waals surface area contributed by atoms with Crippen LogP contribution in [0.3, 0.4) is 0 Å². The molecule has 1 heterocycles. The van der Waals surface area contributed by atoms with Gasteiger partial charge >= 0.3 is 6.18 Å². The van der Waals surface area contributed by atoms with Gasteiger partial charge in [-0.1, -0.05) is 19.3 Å². The zero-order chi connectivity index (χ0) is 15.0. The van der Waals surface area contributed by atoms with Crippen LogP contribution in [0.1, 0.15) is 49.4 Å². The minimum atomic E-state index is -4.34. The van der Waals surface area contributed by atoms with Crippen molar-refractivity contribution in [2.75, 3.05) is 0 Å². The van der Waals surface area contributed by atoms with Gasteiger partial charge in [0.2, 0.25) is 0 Å². The average Bonchev–Trinajstić information content (AvgIpc) is 2.72. The van der Waals surface area contributed by atoms with Crippen molar-refractivity contribution in [3.8, 4) is 0 Å². The van der Waals surface area contributed by atoms with Crippen molar-refractivity contribution in [3.05, 3.63) is 29.6 Å². The van der Waals surface area contributed by atoms with E-state index in [1.54, 1.807) is 0 Å². The maximum absolute atomic E-state index is 12.7. The summed E-state index contributed by atoms with van der Waals surface area (Å²) < 4.78 is 38.2. The standard InChI is InChI=1S/C15H18F3N3/c16-15(17,18)9-6-7-12-13(8-9)21-14(20-12)10-4-2-1-3-5-11(10)19/h6-8,10-11H,1-5,19H2,(H,20,21). The molecule has 3 nitrogen and oxygen atoms in total. The molecule has 2 aromatic rings. The lowest BCUT2D eigenvalue weighted by molar-refractivity contribution is -0.137. The Morgan fingerprint density at radius 2 is 1.90 bits per heavy atom. The summed E-state index contributed by atoms with van der Waals surface area (Å²) in [6.45, 7) is 0. The zero-order valence-electron chi connectivity index (χ0n) is 11.6. The summed E-state index contributed by atoms with van der Waals surface area (Å²) >= 11 is 0. The fourth-order valence-electron chi connectivity index (χ4n) is 3.06. The lowest BCUT2D eigenvalue weighted by Crippen LogP contribution is -2.27. The van der Waals surface area contributed by atoms with E-state index in [2.05, 4.69) is 9.97 Å². The quantitative estimate of drug-likeness (QED) is 0.783. The van der Waals surface area contributed by atoms with Crippen LogP contribution in [-0.2, 0) is 6.18 Å². The number of H-pyrrole nitrogens is 1. The smallest absolute Gasteiger partial charge is 0.342 e. The van der Waals surface area contributed by atoms with E-state index in [-0.39, 0.29) is 12.0 Å². The highest BCUT2D eigenvalue weighted by molar-refractivity contribution is 5.76. The average molecular weight is 297 g/mol. The molecule has 2 unspecified atom stereocenters. The van der Waals surface area contributed by atoms with Crippen LogP contribution in [0, 0.1) is 0 Å². The largest absolute Gasteiger partial charge is 0.416 e. The van der Waals surface area contributed by atoms with Crippen LogP contribution in [-0.4, -0.2) is 16.0 Å². The summed E-state index contributed by atoms with van der Waals surface area (Å²) in [4.78, 5) is 7.49. The third-order valence-corrected chi connectivity index (χ3v) is 4.25. The molecule has 3 N–H and O–H groups in total. The van der Waals surface area contributed by atoms with Crippen molar-refractivity contribution < 1.29 is 13.2 Å². The normalized spacial score (nSPS) is 24.2. The Labute approximate surface area is 120 Å². The van der Waals surface area contributed by atoms with E-state index in [1.165, 1.54) is 6.07 Å². The number of hydrogen-bond acceptors (Lipinski definition) is 2. The summed E-state index contributed by atoms with van der Waals surface area (Å²) in [6.07, 6.45) is 0.892. The molecule has 21 heavy (non-hydrogen) atoms. The van der Waals surface area contributed by atoms with E-state index < -0.39 is 11.7 Å². The molecule has 0 bridgehead atoms. The van der Waals surface area contributed by atoms with Crippen molar-refractivity contribution in [1.29, 1.82) is 0 Å². The molecule has 3 rings (SSSR count). The number of fused-ring (bicyclic) bond motifs is 1. The number of halogens is 3. The Morgan fingerprint density at radius 3 is 2.67 bits per heavy atom. The van der Waals surface area contributed by atoms with Gasteiger partial charge in [-0.25, -0.2) is 4.98 Å². The number of alkyl halides is 3. The van der Waals surface area contributed by atoms with E-state index in [0.29, 0.717) is 11.0 Å². The first kappa shape index (κ1) is 14.4. The molecule has 0 spiro atoms. The lowest BCUT2D eigenvalue weighted by Gasteiger charge is -2.18. The molecule has 6 heteroatoms. The number of nitrogens with one attached hydrogen (secondary N) is 1. The van der Waals surface area contributed by atoms with Crippen LogP contribution in [0.5, 0.6) is 0 Å². The number of aromatic nitrogens is 2. The van der Waals surface area contributed by atoms with Crippen molar-refractivity contribution in [2.24, 2.45) is 5.73 Å². The number of benzene rings is 1. The molecule has 1 aromatic heterocycles. The molecule has 1 aliphatic carbocycles. The fourth-order valence-corrected chi connectivity index (χ4v) is 3.06. The van der Waals surface area contributed by atoms with Gasteiger partial charge in [-0.2, -0.15) is 13.2 Å². The van der Waals surface area contributed by atoms with Gasteiger partial charge < -0.3 is 10.7 Å². The second-order valence-electron chi connectivity index (χ2n) is 5.76. The monoisotopic (exact) mass is 297 g/mol. The Bertz CT molecular complexity index is 633. The molecule has 1 aliphatic rings. The molecule has 114 valence electrons. The van der Waals surface area contributed by atoms with Gasteiger partial charge in [0.25, 0.3) is 0 Å². The molecule has 2 atom stereocenters. The third kappa shape index (κ3) is 2.90. The second kappa shape index (κ2) is 5.33. The van der Waals surface area contributed by atoms with Crippen LogP contribution >= 0.6 is 0 Å². The number of hydrogen-bond donors (Lipinski definition) is 2. The van der Waals surface area contributed by atoms with Gasteiger partial charge in [0.15, 0.2) is 0 Å². The van der Waals surface area contributed by atoms with Crippen molar-refractivity contribution >= 4 is 11.0 Å². The van der Waals surface area contributed by atoms with Gasteiger partial charge in [-0.15, -0.1) is 0 Å². The predicted octanol–water partition coefficient (Wildman–Crippen LogP) is 3.96. The predicted molar refractivity (Wildman–Crippen MR) is 74.9 cm³/mol. The minimum absolute atomic E-state index is 0.0233. The highest BCUT2D eigenvalue weighted by atomic mass is 19.4. The van der Waals surface area contributed by atoms with Crippen LogP contribution in [0.25, 0.3) is 11.0 Å². The molecule has 0 radical (unpaired) electrons. The van der Waals surface area contributed by atoms with Crippen molar-refractivity contribution in [3.63, 3.8) is 0 Å². The summed E-state index contributed by atoms with van der Waals surface area (Å²) in [5.74, 6) is 0.827. The molecular weight excluding hydrogens is 279 g/mol. The fraction of sp³-hybridized carbons (Fsp3) is 0.533. The Morgan fingerprint density at radius 1 is 1.14 bits per heavy atom. The number of rotatable bonds is 1. The summed E-state index contributed by atoms with van der Waals surface area (Å²) in [5, 5.41) is 0. The maximum atomic E-state index is 12.7. The highest BCUT2D eigenvalue weighted by Gasteiger charge is 2.31. The van der Waals surface area contributed by atoms with E-state index in [9.17, 15) is 13.2 Å². The van der Waals surface area contributed by atoms with Gasteiger partial charge in [-0.05, 0) is 31.0 Å². The van der Waals surface area contributed by atoms with E-state index in [4.69, 9.17) is 5.73 Å². The number of aromatic amines is 1. The van der Waals surface area contributed by atoms with Crippen LogP contribution in [0.15, 0.2) is 18.2 Å². The summed E-state index contributed by atoms with van der Waals surface area (Å²) in [5.41, 5.74) is 6.53. The molecule has 1 saturated carbocycles. The van der Waals surface area contributed by atoms with Crippen molar-refractivity contribution in [2.45, 2.75) is 50.2 Å². The molecular formula is C15H18F3N3. The van der Waals surface area contributed by atoms with Crippen LogP contribution in [0.2, 0.25) is 0 Å². The summed E-state index contributed by atoms with van der Waals surface area (Å²) in [6, 6.07) is 3.63. The highest BCUT2D eigenvalue weighted by Crippen LogP contribution is 2.33. The second-order valence-corrected chi connectivity index (χ2v) is 5.76. The van der Waals surface area contributed by atoms with E-state index in [1.807, 2.05) is 0 Å². The summed E-state index contributed by atoms with van der Waals surface area (Å²) in [7, 11) is 0. The molecule has 0 saturated heterocycles. The Hall–Kier alpha value is -1.56. The first-order valence-corrected chi connectivity index (χ1v) is 7.27. The van der Waals surface area contributed by atoms with Crippen molar-refractivity contribution in [1.82, 2.24) is 9.97 Å². The van der Waals surface area contributed by atoms with E-state index >= 15 is 0 Å². The number of nitrogens with zero attached hydrogens (tertiary/aromatic N) is 1. The van der Waals surface area contributed by atoms with Crippen LogP contribution in [0.4, 0.5) is 13.2 Å². The number of nitrogens with two attached hydrogens (primary N) is 1. The zero-order valence-corrected chi connectivity index (χ0v) is 11.6. The van der Waals surface area contributed by atoms with E-state index in [0.717, 1.165) is 50.1 Å². The molecule has 1 fully saturated rings. The third-order valence-electron chi connectivity index (χ3n) is 4.25. The lowest BCUT2D eigenvalue weighted by atomic mass is 9.95. The molecule has 0 aliphatic heterocycles. The topological polar surface area (TPSA) is 54.7 Å². The first-order chi connectivity index (χ1) is 9.95. The van der Waals surface area contributed by atoms with Gasteiger partial charge in [-0.3, -0.25) is 0 Å². The first-order valence-electron chi connectivity index (χ1n) is 7.27. The Kier molecular flexibility index (Phi) is 3.65. The van der Waals surface area contributed by atoms with Gasteiger partial charge in [0, 0.05) is 12.0 Å². The van der Waals surface area contributed by atoms with Gasteiger partial charge in [0.05, 0.1) is 16.6 Å². The number of imidazole rings is 1. The van der Waals surface area contributed by atoms with Crippen LogP contribution < -0.4 is 5.73 Å². The molecule has 0 amide bonds. The maximum Gasteiger partial charge on any atom is 0.416 e. The SMILES string of the molecule is NC1CCCCCC1c1nc2ccc(C(F)(F)F)cc2[nH]1. The Balaban J connectivity index is 1.96. The van der Waals surface area contributed by atoms with Gasteiger partial charge in [0.1, 0.15) is 5.82 Å². The minimum Gasteiger partial charge on any atom is -0.342 e. The molecule has 1 aromatic carbocycles.